The van der Waals surface area contributed by atoms with Gasteiger partial charge in [0.2, 0.25) is 0 Å². The highest BCUT2D eigenvalue weighted by molar-refractivity contribution is 5.94. The molecule has 0 spiro atoms. The second-order valence-corrected chi connectivity index (χ2v) is 7.08. The van der Waals surface area contributed by atoms with Crippen LogP contribution in [0.4, 0.5) is 0 Å². The fraction of sp³-hybridized carbons (Fsp3) is 0.368. The van der Waals surface area contributed by atoms with E-state index < -0.39 is 0 Å². The molecular formula is C19H19N7O2. The van der Waals surface area contributed by atoms with Gasteiger partial charge in [-0.25, -0.2) is 4.68 Å². The van der Waals surface area contributed by atoms with Gasteiger partial charge in [-0.2, -0.15) is 10.2 Å². The van der Waals surface area contributed by atoms with Crippen LogP contribution < -0.4 is 0 Å². The van der Waals surface area contributed by atoms with Crippen molar-refractivity contribution in [3.8, 4) is 17.7 Å². The summed E-state index contributed by atoms with van der Waals surface area (Å²) < 4.78 is 7.00. The first kappa shape index (κ1) is 17.9. The fourth-order valence-electron chi connectivity index (χ4n) is 3.17. The van der Waals surface area contributed by atoms with Crippen LogP contribution >= 0.6 is 0 Å². The average Bonchev–Trinajstić information content (AvgIpc) is 3.46. The molecule has 1 amide bonds. The number of amides is 1. The van der Waals surface area contributed by atoms with Gasteiger partial charge in [0.1, 0.15) is 0 Å². The standard InChI is InChI=1S/C19H19N7O2/c1-12(2)17-21-18(28-23-17)16-11-26(24-22-16)15-6-7-25(10-15)19(27)14-5-3-4-13(8-14)9-20/h3-5,8,11-12,15H,6-7,10H2,1-2H3. The molecule has 28 heavy (non-hydrogen) atoms. The van der Waals surface area contributed by atoms with Crippen LogP contribution in [0.1, 0.15) is 54.0 Å². The first-order valence-corrected chi connectivity index (χ1v) is 9.10. The van der Waals surface area contributed by atoms with Gasteiger partial charge < -0.3 is 9.42 Å². The highest BCUT2D eigenvalue weighted by Crippen LogP contribution is 2.25. The van der Waals surface area contributed by atoms with Crippen molar-refractivity contribution in [2.45, 2.75) is 32.2 Å². The lowest BCUT2D eigenvalue weighted by atomic mass is 10.1. The second kappa shape index (κ2) is 7.23. The third-order valence-corrected chi connectivity index (χ3v) is 4.75. The Labute approximate surface area is 161 Å². The predicted molar refractivity (Wildman–Crippen MR) is 98.1 cm³/mol. The number of aromatic nitrogens is 5. The van der Waals surface area contributed by atoms with Crippen LogP contribution in [0.15, 0.2) is 35.0 Å². The van der Waals surface area contributed by atoms with E-state index in [1.807, 2.05) is 13.8 Å². The van der Waals surface area contributed by atoms with Gasteiger partial charge in [-0.15, -0.1) is 5.10 Å². The Morgan fingerprint density at radius 2 is 2.25 bits per heavy atom. The van der Waals surface area contributed by atoms with Gasteiger partial charge in [0.05, 0.1) is 23.9 Å². The molecule has 4 rings (SSSR count). The number of carbonyl (C=O) groups excluding carboxylic acids is 1. The van der Waals surface area contributed by atoms with Crippen LogP contribution in [0, 0.1) is 11.3 Å². The molecule has 0 radical (unpaired) electrons. The van der Waals surface area contributed by atoms with Crippen molar-refractivity contribution in [3.05, 3.63) is 47.4 Å². The van der Waals surface area contributed by atoms with Crippen LogP contribution in [0.25, 0.3) is 11.6 Å². The van der Waals surface area contributed by atoms with E-state index in [9.17, 15) is 4.79 Å². The van der Waals surface area contributed by atoms with E-state index in [0.717, 1.165) is 6.42 Å². The molecule has 1 fully saturated rings. The summed E-state index contributed by atoms with van der Waals surface area (Å²) in [4.78, 5) is 18.8. The Kier molecular flexibility index (Phi) is 4.61. The zero-order chi connectivity index (χ0) is 19.7. The van der Waals surface area contributed by atoms with E-state index in [0.29, 0.717) is 41.6 Å². The first-order valence-electron chi connectivity index (χ1n) is 9.10. The fourth-order valence-corrected chi connectivity index (χ4v) is 3.17. The van der Waals surface area contributed by atoms with Gasteiger partial charge in [-0.3, -0.25) is 4.79 Å². The predicted octanol–water partition coefficient (Wildman–Crippen LogP) is 2.41. The number of hydrogen-bond donors (Lipinski definition) is 0. The van der Waals surface area contributed by atoms with E-state index in [1.54, 1.807) is 40.0 Å². The smallest absolute Gasteiger partial charge is 0.280 e. The van der Waals surface area contributed by atoms with E-state index in [1.165, 1.54) is 0 Å². The molecule has 1 atom stereocenters. The van der Waals surface area contributed by atoms with Gasteiger partial charge >= 0.3 is 0 Å². The first-order chi connectivity index (χ1) is 13.5. The van der Waals surface area contributed by atoms with Gasteiger partial charge in [-0.05, 0) is 24.6 Å². The summed E-state index contributed by atoms with van der Waals surface area (Å²) in [7, 11) is 0. The van der Waals surface area contributed by atoms with E-state index in [2.05, 4.69) is 26.5 Å². The zero-order valence-corrected chi connectivity index (χ0v) is 15.6. The summed E-state index contributed by atoms with van der Waals surface area (Å²) in [6.07, 6.45) is 2.54. The Hall–Kier alpha value is -3.54. The SMILES string of the molecule is CC(C)c1noc(-c2cn(C3CCN(C(=O)c4cccc(C#N)c4)C3)nn2)n1. The summed E-state index contributed by atoms with van der Waals surface area (Å²) >= 11 is 0. The molecule has 0 bridgehead atoms. The van der Waals surface area contributed by atoms with Crippen LogP contribution in [0.3, 0.4) is 0 Å². The zero-order valence-electron chi connectivity index (χ0n) is 15.6. The highest BCUT2D eigenvalue weighted by Gasteiger charge is 2.29. The summed E-state index contributed by atoms with van der Waals surface area (Å²) in [5.41, 5.74) is 1.51. The summed E-state index contributed by atoms with van der Waals surface area (Å²) in [6, 6.07) is 8.83. The number of nitrogens with zero attached hydrogens (tertiary/aromatic N) is 7. The van der Waals surface area contributed by atoms with Crippen molar-refractivity contribution in [2.24, 2.45) is 0 Å². The molecule has 3 heterocycles. The lowest BCUT2D eigenvalue weighted by Gasteiger charge is -2.16. The number of likely N-dealkylation sites (tertiary alicyclic amines) is 1. The topological polar surface area (TPSA) is 114 Å². The largest absolute Gasteiger partial charge is 0.336 e. The maximum absolute atomic E-state index is 12.7. The normalized spacial score (nSPS) is 16.5. The molecular weight excluding hydrogens is 358 g/mol. The molecule has 0 N–H and O–H groups in total. The number of hydrogen-bond acceptors (Lipinski definition) is 7. The molecule has 9 heteroatoms. The van der Waals surface area contributed by atoms with E-state index in [-0.39, 0.29) is 17.9 Å². The van der Waals surface area contributed by atoms with Crippen molar-refractivity contribution in [1.82, 2.24) is 30.0 Å². The third kappa shape index (κ3) is 3.36. The molecule has 1 unspecified atom stereocenters. The van der Waals surface area contributed by atoms with Crippen LogP contribution in [0.5, 0.6) is 0 Å². The Balaban J connectivity index is 1.46. The number of rotatable bonds is 4. The van der Waals surface area contributed by atoms with Gasteiger partial charge in [0.25, 0.3) is 11.8 Å². The summed E-state index contributed by atoms with van der Waals surface area (Å²) in [5, 5.41) is 21.3. The molecule has 3 aromatic rings. The van der Waals surface area contributed by atoms with E-state index >= 15 is 0 Å². The lowest BCUT2D eigenvalue weighted by molar-refractivity contribution is 0.0787. The van der Waals surface area contributed by atoms with Crippen molar-refractivity contribution in [2.75, 3.05) is 13.1 Å². The average molecular weight is 377 g/mol. The number of nitriles is 1. The Morgan fingerprint density at radius 1 is 1.39 bits per heavy atom. The van der Waals surface area contributed by atoms with Crippen LogP contribution in [-0.2, 0) is 0 Å². The highest BCUT2D eigenvalue weighted by atomic mass is 16.5. The maximum atomic E-state index is 12.7. The minimum atomic E-state index is -0.0848. The minimum absolute atomic E-state index is 0.0249. The molecule has 1 aromatic carbocycles. The second-order valence-electron chi connectivity index (χ2n) is 7.08. The van der Waals surface area contributed by atoms with Gasteiger partial charge in [0.15, 0.2) is 11.5 Å². The molecule has 2 aromatic heterocycles. The quantitative estimate of drug-likeness (QED) is 0.686. The van der Waals surface area contributed by atoms with E-state index in [4.69, 9.17) is 9.78 Å². The van der Waals surface area contributed by atoms with Crippen molar-refractivity contribution >= 4 is 5.91 Å². The summed E-state index contributed by atoms with van der Waals surface area (Å²) in [5.74, 6) is 1.05. The van der Waals surface area contributed by atoms with Gasteiger partial charge in [-0.1, -0.05) is 30.3 Å². The monoisotopic (exact) mass is 377 g/mol. The molecule has 1 saturated heterocycles. The van der Waals surface area contributed by atoms with Crippen LogP contribution in [-0.4, -0.2) is 49.0 Å². The molecule has 0 saturated carbocycles. The lowest BCUT2D eigenvalue weighted by Crippen LogP contribution is -2.29. The third-order valence-electron chi connectivity index (χ3n) is 4.75. The molecule has 9 nitrogen and oxygen atoms in total. The molecule has 1 aliphatic heterocycles. The summed E-state index contributed by atoms with van der Waals surface area (Å²) in [6.45, 7) is 5.12. The Bertz CT molecular complexity index is 1050. The number of benzene rings is 1. The number of carbonyl (C=O) groups is 1. The van der Waals surface area contributed by atoms with Crippen LogP contribution in [0.2, 0.25) is 0 Å². The molecule has 1 aliphatic rings. The van der Waals surface area contributed by atoms with Crippen molar-refractivity contribution in [1.29, 1.82) is 5.26 Å². The van der Waals surface area contributed by atoms with Gasteiger partial charge in [0, 0.05) is 24.6 Å². The van der Waals surface area contributed by atoms with Crippen molar-refractivity contribution in [3.63, 3.8) is 0 Å². The molecule has 0 aliphatic carbocycles. The molecule has 142 valence electrons. The minimum Gasteiger partial charge on any atom is -0.336 e. The van der Waals surface area contributed by atoms with Crippen molar-refractivity contribution < 1.29 is 9.32 Å². The Morgan fingerprint density at radius 3 is 3.00 bits per heavy atom. The maximum Gasteiger partial charge on any atom is 0.280 e.